The summed E-state index contributed by atoms with van der Waals surface area (Å²) in [6.07, 6.45) is 7.39. The van der Waals surface area contributed by atoms with Gasteiger partial charge >= 0.3 is 0 Å². The van der Waals surface area contributed by atoms with Gasteiger partial charge in [-0.15, -0.1) is 11.3 Å². The van der Waals surface area contributed by atoms with Crippen molar-refractivity contribution in [2.24, 2.45) is 5.92 Å². The van der Waals surface area contributed by atoms with Crippen molar-refractivity contribution in [3.05, 3.63) is 38.8 Å². The molecule has 3 aliphatic rings. The van der Waals surface area contributed by atoms with Crippen LogP contribution in [-0.2, 0) is 25.9 Å². The SMILES string of the molecule is O=C(c1cc2c(s1)CCCC2)N1CCCn2nc([C@H](O)C3CC3)cc2C1. The van der Waals surface area contributed by atoms with E-state index in [1.165, 1.54) is 23.3 Å². The van der Waals surface area contributed by atoms with Crippen molar-refractivity contribution in [2.75, 3.05) is 6.54 Å². The summed E-state index contributed by atoms with van der Waals surface area (Å²) in [5, 5.41) is 15.0. The van der Waals surface area contributed by atoms with Crippen molar-refractivity contribution in [2.45, 2.75) is 64.1 Å². The van der Waals surface area contributed by atoms with E-state index < -0.39 is 6.10 Å². The van der Waals surface area contributed by atoms with Gasteiger partial charge in [0.25, 0.3) is 5.91 Å². The first kappa shape index (κ1) is 16.5. The minimum Gasteiger partial charge on any atom is -0.386 e. The zero-order valence-corrected chi connectivity index (χ0v) is 15.8. The number of hydrogen-bond acceptors (Lipinski definition) is 4. The maximum atomic E-state index is 13.1. The van der Waals surface area contributed by atoms with Gasteiger partial charge in [-0.1, -0.05) is 0 Å². The summed E-state index contributed by atoms with van der Waals surface area (Å²) in [4.78, 5) is 17.4. The molecule has 0 unspecified atom stereocenters. The number of hydrogen-bond donors (Lipinski definition) is 1. The van der Waals surface area contributed by atoms with E-state index in [4.69, 9.17) is 0 Å². The molecule has 5 nitrogen and oxygen atoms in total. The lowest BCUT2D eigenvalue weighted by Gasteiger charge is -2.19. The molecule has 2 aliphatic carbocycles. The van der Waals surface area contributed by atoms with Gasteiger partial charge in [-0.2, -0.15) is 5.10 Å². The summed E-state index contributed by atoms with van der Waals surface area (Å²) in [7, 11) is 0. The number of aliphatic hydroxyl groups is 1. The molecule has 0 aromatic carbocycles. The van der Waals surface area contributed by atoms with Crippen molar-refractivity contribution >= 4 is 17.2 Å². The van der Waals surface area contributed by atoms with E-state index in [1.807, 2.05) is 15.6 Å². The molecule has 138 valence electrons. The Morgan fingerprint density at radius 2 is 2.04 bits per heavy atom. The number of aliphatic hydroxyl groups excluding tert-OH is 1. The van der Waals surface area contributed by atoms with Gasteiger partial charge in [0.2, 0.25) is 0 Å². The van der Waals surface area contributed by atoms with E-state index in [-0.39, 0.29) is 5.91 Å². The lowest BCUT2D eigenvalue weighted by atomic mass is 9.99. The maximum absolute atomic E-state index is 13.1. The van der Waals surface area contributed by atoms with Gasteiger partial charge in [-0.25, -0.2) is 0 Å². The number of carbonyl (C=O) groups is 1. The normalized spacial score (nSPS) is 21.0. The smallest absolute Gasteiger partial charge is 0.264 e. The molecule has 3 heterocycles. The fourth-order valence-electron chi connectivity index (χ4n) is 4.21. The summed E-state index contributed by atoms with van der Waals surface area (Å²) in [5.41, 5.74) is 3.22. The standard InChI is InChI=1S/C20H25N3O2S/c24-19(13-6-7-13)16-11-15-12-22(8-3-9-23(15)21-16)20(25)18-10-14-4-1-2-5-17(14)26-18/h10-11,13,19,24H,1-9,12H2/t19-/m1/s1. The summed E-state index contributed by atoms with van der Waals surface area (Å²) >= 11 is 1.69. The molecule has 0 saturated heterocycles. The van der Waals surface area contributed by atoms with Crippen LogP contribution < -0.4 is 0 Å². The number of aryl methyl sites for hydroxylation is 3. The van der Waals surface area contributed by atoms with Crippen molar-refractivity contribution in [3.8, 4) is 0 Å². The van der Waals surface area contributed by atoms with Gasteiger partial charge in [0.05, 0.1) is 22.8 Å². The lowest BCUT2D eigenvalue weighted by Crippen LogP contribution is -2.30. The highest BCUT2D eigenvalue weighted by atomic mass is 32.1. The molecule has 6 heteroatoms. The number of carbonyl (C=O) groups excluding carboxylic acids is 1. The molecule has 1 saturated carbocycles. The van der Waals surface area contributed by atoms with Gasteiger partial charge < -0.3 is 10.0 Å². The highest BCUT2D eigenvalue weighted by molar-refractivity contribution is 7.14. The molecule has 2 aromatic rings. The molecule has 1 atom stereocenters. The number of amides is 1. The zero-order valence-electron chi connectivity index (χ0n) is 15.0. The third-order valence-electron chi connectivity index (χ3n) is 5.90. The van der Waals surface area contributed by atoms with Crippen LogP contribution in [0.3, 0.4) is 0 Å². The first-order valence-electron chi connectivity index (χ1n) is 9.84. The highest BCUT2D eigenvalue weighted by Crippen LogP contribution is 2.40. The van der Waals surface area contributed by atoms with Crippen LogP contribution in [0, 0.1) is 5.92 Å². The molecule has 26 heavy (non-hydrogen) atoms. The number of aromatic nitrogens is 2. The van der Waals surface area contributed by atoms with Crippen LogP contribution in [0.4, 0.5) is 0 Å². The van der Waals surface area contributed by atoms with E-state index in [9.17, 15) is 9.90 Å². The molecule has 2 aromatic heterocycles. The predicted molar refractivity (Wildman–Crippen MR) is 100 cm³/mol. The first-order valence-corrected chi connectivity index (χ1v) is 10.7. The predicted octanol–water partition coefficient (Wildman–Crippen LogP) is 3.31. The molecule has 1 fully saturated rings. The molecule has 5 rings (SSSR count). The van der Waals surface area contributed by atoms with Crippen LogP contribution in [0.25, 0.3) is 0 Å². The molecule has 1 N–H and O–H groups in total. The van der Waals surface area contributed by atoms with Gasteiger partial charge in [-0.3, -0.25) is 9.48 Å². The van der Waals surface area contributed by atoms with E-state index in [0.29, 0.717) is 12.5 Å². The van der Waals surface area contributed by atoms with Gasteiger partial charge in [-0.05, 0) is 68.6 Å². The quantitative estimate of drug-likeness (QED) is 0.900. The Morgan fingerprint density at radius 3 is 2.85 bits per heavy atom. The van der Waals surface area contributed by atoms with Crippen LogP contribution in [0.15, 0.2) is 12.1 Å². The third kappa shape index (κ3) is 2.99. The Balaban J connectivity index is 1.36. The second kappa shape index (κ2) is 6.50. The van der Waals surface area contributed by atoms with E-state index >= 15 is 0 Å². The lowest BCUT2D eigenvalue weighted by molar-refractivity contribution is 0.0750. The van der Waals surface area contributed by atoms with E-state index in [0.717, 1.165) is 61.5 Å². The largest absolute Gasteiger partial charge is 0.386 e. The van der Waals surface area contributed by atoms with Crippen molar-refractivity contribution in [1.29, 1.82) is 0 Å². The Bertz CT molecular complexity index is 813. The van der Waals surface area contributed by atoms with Gasteiger partial charge in [0, 0.05) is 18.0 Å². The first-order chi connectivity index (χ1) is 12.7. The second-order valence-corrected chi connectivity index (χ2v) is 9.05. The van der Waals surface area contributed by atoms with Crippen molar-refractivity contribution < 1.29 is 9.90 Å². The Hall–Kier alpha value is -1.66. The number of fused-ring (bicyclic) bond motifs is 2. The average molecular weight is 372 g/mol. The zero-order chi connectivity index (χ0) is 17.7. The van der Waals surface area contributed by atoms with Crippen LogP contribution in [0.1, 0.15) is 69.7 Å². The number of nitrogens with zero attached hydrogens (tertiary/aromatic N) is 3. The fourth-order valence-corrected chi connectivity index (χ4v) is 5.43. The number of thiophene rings is 1. The van der Waals surface area contributed by atoms with Crippen LogP contribution in [-0.4, -0.2) is 32.2 Å². The van der Waals surface area contributed by atoms with Crippen LogP contribution in [0.5, 0.6) is 0 Å². The number of rotatable bonds is 3. The minimum absolute atomic E-state index is 0.156. The maximum Gasteiger partial charge on any atom is 0.264 e. The third-order valence-corrected chi connectivity index (χ3v) is 7.12. The molecular formula is C20H25N3O2S. The molecule has 0 spiro atoms. The van der Waals surface area contributed by atoms with E-state index in [2.05, 4.69) is 11.2 Å². The van der Waals surface area contributed by atoms with Gasteiger partial charge in [0.15, 0.2) is 0 Å². The minimum atomic E-state index is -0.442. The monoisotopic (exact) mass is 371 g/mol. The summed E-state index contributed by atoms with van der Waals surface area (Å²) in [6.45, 7) is 2.18. The van der Waals surface area contributed by atoms with Crippen molar-refractivity contribution in [1.82, 2.24) is 14.7 Å². The summed E-state index contributed by atoms with van der Waals surface area (Å²) in [6, 6.07) is 4.14. The average Bonchev–Trinajstić information content (AvgIpc) is 3.34. The Kier molecular flexibility index (Phi) is 4.13. The molecule has 0 bridgehead atoms. The van der Waals surface area contributed by atoms with Crippen LogP contribution >= 0.6 is 11.3 Å². The fraction of sp³-hybridized carbons (Fsp3) is 0.600. The molecule has 0 radical (unpaired) electrons. The summed E-state index contributed by atoms with van der Waals surface area (Å²) in [5.74, 6) is 0.535. The summed E-state index contributed by atoms with van der Waals surface area (Å²) < 4.78 is 1.99. The van der Waals surface area contributed by atoms with E-state index in [1.54, 1.807) is 11.3 Å². The topological polar surface area (TPSA) is 58.4 Å². The molecule has 1 aliphatic heterocycles. The van der Waals surface area contributed by atoms with Crippen LogP contribution in [0.2, 0.25) is 0 Å². The van der Waals surface area contributed by atoms with Gasteiger partial charge in [0.1, 0.15) is 6.10 Å². The second-order valence-electron chi connectivity index (χ2n) is 7.91. The Labute approximate surface area is 157 Å². The molecular weight excluding hydrogens is 346 g/mol. The highest BCUT2D eigenvalue weighted by Gasteiger charge is 2.33. The molecule has 1 amide bonds. The Morgan fingerprint density at radius 1 is 1.19 bits per heavy atom. The van der Waals surface area contributed by atoms with Crippen molar-refractivity contribution in [3.63, 3.8) is 0 Å².